The number of aromatic amines is 1. The van der Waals surface area contributed by atoms with E-state index in [1.165, 1.54) is 5.56 Å². The summed E-state index contributed by atoms with van der Waals surface area (Å²) in [5.74, 6) is 1.71. The van der Waals surface area contributed by atoms with Crippen LogP contribution in [0.1, 0.15) is 55.6 Å². The summed E-state index contributed by atoms with van der Waals surface area (Å²) in [6.07, 6.45) is 7.08. The maximum atomic E-state index is 13.0. The maximum Gasteiger partial charge on any atom is 0.239 e. The van der Waals surface area contributed by atoms with E-state index in [2.05, 4.69) is 50.2 Å². The van der Waals surface area contributed by atoms with Crippen LogP contribution in [0.4, 0.5) is 0 Å². The molecule has 0 amide bonds. The average Bonchev–Trinajstić information content (AvgIpc) is 3.44. The van der Waals surface area contributed by atoms with Crippen LogP contribution in [0.3, 0.4) is 0 Å². The summed E-state index contributed by atoms with van der Waals surface area (Å²) in [7, 11) is -4.06. The van der Waals surface area contributed by atoms with Gasteiger partial charge in [-0.1, -0.05) is 36.4 Å². The quantitative estimate of drug-likeness (QED) is 0.382. The number of primary sulfonamides is 1. The number of nitrogens with one attached hydrogen (secondary N) is 2. The van der Waals surface area contributed by atoms with Crippen molar-refractivity contribution in [2.75, 3.05) is 19.6 Å². The SMILES string of the molecule is NCC1CCC(Cc2ccc(-c3ccc(C4CCNCC4)cc3)c(-c3nn[nH]n3)c2S(N)(=O)=O)CC1. The smallest absolute Gasteiger partial charge is 0.239 e. The Balaban J connectivity index is 1.55. The molecule has 2 aliphatic rings. The van der Waals surface area contributed by atoms with E-state index < -0.39 is 10.0 Å². The largest absolute Gasteiger partial charge is 0.330 e. The van der Waals surface area contributed by atoms with Crippen molar-refractivity contribution in [2.24, 2.45) is 22.7 Å². The third kappa shape index (κ3) is 5.36. The Morgan fingerprint density at radius 1 is 0.917 bits per heavy atom. The zero-order chi connectivity index (χ0) is 25.1. The molecule has 36 heavy (non-hydrogen) atoms. The molecule has 6 N–H and O–H groups in total. The fraction of sp³-hybridized carbons (Fsp3) is 0.500. The van der Waals surface area contributed by atoms with Gasteiger partial charge in [0.1, 0.15) is 0 Å². The number of rotatable bonds is 7. The molecule has 2 aromatic carbocycles. The summed E-state index contributed by atoms with van der Waals surface area (Å²) in [4.78, 5) is 0.102. The van der Waals surface area contributed by atoms with E-state index in [0.717, 1.165) is 62.7 Å². The third-order valence-electron chi connectivity index (χ3n) is 7.93. The molecule has 10 heteroatoms. The summed E-state index contributed by atoms with van der Waals surface area (Å²) in [5, 5.41) is 23.7. The van der Waals surface area contributed by atoms with Gasteiger partial charge in [-0.05, 0) is 110 Å². The van der Waals surface area contributed by atoms with Crippen LogP contribution in [0.2, 0.25) is 0 Å². The van der Waals surface area contributed by atoms with Crippen molar-refractivity contribution in [3.63, 3.8) is 0 Å². The molecule has 1 aromatic heterocycles. The Labute approximate surface area is 212 Å². The van der Waals surface area contributed by atoms with E-state index in [1.807, 2.05) is 12.1 Å². The lowest BCUT2D eigenvalue weighted by Crippen LogP contribution is -2.26. The van der Waals surface area contributed by atoms with Gasteiger partial charge in [0, 0.05) is 0 Å². The number of benzene rings is 2. The first-order valence-electron chi connectivity index (χ1n) is 12.9. The minimum atomic E-state index is -4.06. The molecule has 9 nitrogen and oxygen atoms in total. The maximum absolute atomic E-state index is 13.0. The summed E-state index contributed by atoms with van der Waals surface area (Å²) in [5.41, 5.74) is 9.91. The molecule has 2 fully saturated rings. The Kier molecular flexibility index (Phi) is 7.47. The summed E-state index contributed by atoms with van der Waals surface area (Å²) >= 11 is 0. The predicted molar refractivity (Wildman–Crippen MR) is 139 cm³/mol. The van der Waals surface area contributed by atoms with Crippen LogP contribution in [0.5, 0.6) is 0 Å². The van der Waals surface area contributed by atoms with Gasteiger partial charge in [0.15, 0.2) is 0 Å². The second-order valence-corrected chi connectivity index (χ2v) is 11.7. The van der Waals surface area contributed by atoms with Gasteiger partial charge in [0.25, 0.3) is 0 Å². The molecule has 0 spiro atoms. The zero-order valence-electron chi connectivity index (χ0n) is 20.5. The first-order chi connectivity index (χ1) is 17.4. The minimum absolute atomic E-state index is 0.102. The molecule has 3 aromatic rings. The van der Waals surface area contributed by atoms with Crippen molar-refractivity contribution < 1.29 is 8.42 Å². The minimum Gasteiger partial charge on any atom is -0.330 e. The molecule has 0 radical (unpaired) electrons. The lowest BCUT2D eigenvalue weighted by molar-refractivity contribution is 0.278. The van der Waals surface area contributed by atoms with Crippen LogP contribution in [-0.4, -0.2) is 48.7 Å². The molecule has 1 aliphatic heterocycles. The number of sulfonamides is 1. The molecule has 5 rings (SSSR count). The van der Waals surface area contributed by atoms with Gasteiger partial charge in [-0.25, -0.2) is 13.6 Å². The lowest BCUT2D eigenvalue weighted by Gasteiger charge is -2.28. The predicted octanol–water partition coefficient (Wildman–Crippen LogP) is 2.96. The van der Waals surface area contributed by atoms with Gasteiger partial charge in [-0.2, -0.15) is 5.21 Å². The third-order valence-corrected chi connectivity index (χ3v) is 8.97. The van der Waals surface area contributed by atoms with Crippen LogP contribution in [0, 0.1) is 11.8 Å². The van der Waals surface area contributed by atoms with Gasteiger partial charge < -0.3 is 11.1 Å². The molecule has 192 valence electrons. The van der Waals surface area contributed by atoms with E-state index in [9.17, 15) is 8.42 Å². The highest BCUT2D eigenvalue weighted by molar-refractivity contribution is 7.89. The summed E-state index contributed by atoms with van der Waals surface area (Å²) in [6, 6.07) is 12.3. The van der Waals surface area contributed by atoms with Gasteiger partial charge in [-0.15, -0.1) is 10.2 Å². The fourth-order valence-electron chi connectivity index (χ4n) is 5.91. The first kappa shape index (κ1) is 25.0. The molecule has 1 saturated heterocycles. The molecule has 0 bridgehead atoms. The van der Waals surface area contributed by atoms with Crippen molar-refractivity contribution in [2.45, 2.75) is 55.8 Å². The van der Waals surface area contributed by atoms with E-state index in [1.54, 1.807) is 0 Å². The van der Waals surface area contributed by atoms with Gasteiger partial charge >= 0.3 is 0 Å². The van der Waals surface area contributed by atoms with Crippen LogP contribution in [-0.2, 0) is 16.4 Å². The number of nitrogens with zero attached hydrogens (tertiary/aromatic N) is 3. The van der Waals surface area contributed by atoms with E-state index in [4.69, 9.17) is 10.9 Å². The average molecular weight is 510 g/mol. The first-order valence-corrected chi connectivity index (χ1v) is 14.4. The molecule has 0 unspecified atom stereocenters. The van der Waals surface area contributed by atoms with Crippen molar-refractivity contribution in [1.82, 2.24) is 25.9 Å². The number of H-pyrrole nitrogens is 1. The van der Waals surface area contributed by atoms with Gasteiger partial charge in [0.05, 0.1) is 10.5 Å². The standard InChI is InChI=1S/C26H35N7O2S/c27-16-18-3-1-17(2-4-18)15-22-9-10-23(24(25(22)36(28,34)35)26-30-32-33-31-26)21-7-5-19(6-8-21)20-11-13-29-14-12-20/h5-10,17-18,20,29H,1-4,11-16,27H2,(H2,28,34,35)(H,30,31,32,33). The molecular weight excluding hydrogens is 474 g/mol. The highest BCUT2D eigenvalue weighted by atomic mass is 32.2. The monoisotopic (exact) mass is 509 g/mol. The number of aromatic nitrogens is 4. The Hall–Kier alpha value is -2.66. The van der Waals surface area contributed by atoms with Crippen molar-refractivity contribution in [3.05, 3.63) is 47.5 Å². The molecular formula is C26H35N7O2S. The molecule has 2 heterocycles. The van der Waals surface area contributed by atoms with Crippen molar-refractivity contribution in [1.29, 1.82) is 0 Å². The van der Waals surface area contributed by atoms with Crippen LogP contribution in [0.15, 0.2) is 41.3 Å². The van der Waals surface area contributed by atoms with Crippen molar-refractivity contribution >= 4 is 10.0 Å². The topological polar surface area (TPSA) is 153 Å². The highest BCUT2D eigenvalue weighted by Gasteiger charge is 2.29. The van der Waals surface area contributed by atoms with Crippen LogP contribution < -0.4 is 16.2 Å². The second-order valence-electron chi connectivity index (χ2n) is 10.2. The zero-order valence-corrected chi connectivity index (χ0v) is 21.3. The fourth-order valence-corrected chi connectivity index (χ4v) is 6.92. The van der Waals surface area contributed by atoms with E-state index in [-0.39, 0.29) is 10.7 Å². The highest BCUT2D eigenvalue weighted by Crippen LogP contribution is 2.40. The molecule has 1 saturated carbocycles. The summed E-state index contributed by atoms with van der Waals surface area (Å²) in [6.45, 7) is 2.77. The van der Waals surface area contributed by atoms with E-state index in [0.29, 0.717) is 41.8 Å². The number of tetrazole rings is 1. The lowest BCUT2D eigenvalue weighted by atomic mass is 9.79. The molecule has 0 atom stereocenters. The van der Waals surface area contributed by atoms with Crippen LogP contribution in [0.25, 0.3) is 22.5 Å². The Morgan fingerprint density at radius 3 is 2.22 bits per heavy atom. The Morgan fingerprint density at radius 2 is 1.61 bits per heavy atom. The second kappa shape index (κ2) is 10.8. The van der Waals surface area contributed by atoms with Crippen LogP contribution >= 0.6 is 0 Å². The number of hydrogen-bond donors (Lipinski definition) is 4. The summed E-state index contributed by atoms with van der Waals surface area (Å²) < 4.78 is 26.0. The normalized spacial score (nSPS) is 21.5. The van der Waals surface area contributed by atoms with Crippen molar-refractivity contribution in [3.8, 4) is 22.5 Å². The van der Waals surface area contributed by atoms with E-state index >= 15 is 0 Å². The molecule has 1 aliphatic carbocycles. The number of nitrogens with two attached hydrogens (primary N) is 2. The number of hydrogen-bond acceptors (Lipinski definition) is 7. The Bertz CT molecular complexity index is 1260. The number of piperidine rings is 1. The van der Waals surface area contributed by atoms with Gasteiger partial charge in [-0.3, -0.25) is 0 Å². The van der Waals surface area contributed by atoms with Gasteiger partial charge in [0.2, 0.25) is 15.8 Å².